The van der Waals surface area contributed by atoms with Crippen molar-refractivity contribution in [2.24, 2.45) is 0 Å². The molecule has 0 aliphatic carbocycles. The SMILES string of the molecule is CN(CO)C(=S)NCO. The second-order valence-electron chi connectivity index (χ2n) is 1.48. The Bertz CT molecular complexity index is 98.6. The van der Waals surface area contributed by atoms with Gasteiger partial charge in [0.25, 0.3) is 0 Å². The molecule has 0 rings (SSSR count). The third-order valence-electron chi connectivity index (χ3n) is 0.789. The molecule has 0 aliphatic heterocycles. The van der Waals surface area contributed by atoms with Crippen molar-refractivity contribution in [2.45, 2.75) is 0 Å². The molecule has 4 nitrogen and oxygen atoms in total. The van der Waals surface area contributed by atoms with E-state index in [1.54, 1.807) is 7.05 Å². The summed E-state index contributed by atoms with van der Waals surface area (Å²) < 4.78 is 0. The molecule has 0 aromatic heterocycles. The van der Waals surface area contributed by atoms with E-state index in [-0.39, 0.29) is 13.5 Å². The molecule has 0 aromatic carbocycles. The molecule has 0 fully saturated rings. The fourth-order valence-corrected chi connectivity index (χ4v) is 0.389. The van der Waals surface area contributed by atoms with Crippen LogP contribution in [-0.2, 0) is 0 Å². The van der Waals surface area contributed by atoms with E-state index < -0.39 is 0 Å². The lowest BCUT2D eigenvalue weighted by Gasteiger charge is -2.16. The van der Waals surface area contributed by atoms with E-state index in [0.717, 1.165) is 0 Å². The van der Waals surface area contributed by atoms with E-state index in [2.05, 4.69) is 17.5 Å². The first-order valence-electron chi connectivity index (χ1n) is 2.43. The fraction of sp³-hybridized carbons (Fsp3) is 0.750. The molecule has 0 spiro atoms. The third kappa shape index (κ3) is 3.23. The quantitative estimate of drug-likeness (QED) is 0.337. The number of hydrogen-bond donors (Lipinski definition) is 3. The van der Waals surface area contributed by atoms with Gasteiger partial charge in [-0.25, -0.2) is 0 Å². The van der Waals surface area contributed by atoms with Gasteiger partial charge in [-0.2, -0.15) is 0 Å². The van der Waals surface area contributed by atoms with Crippen LogP contribution in [0.5, 0.6) is 0 Å². The number of aliphatic hydroxyl groups is 2. The van der Waals surface area contributed by atoms with Gasteiger partial charge in [0.05, 0.1) is 0 Å². The van der Waals surface area contributed by atoms with E-state index in [9.17, 15) is 0 Å². The summed E-state index contributed by atoms with van der Waals surface area (Å²) in [6, 6.07) is 0. The van der Waals surface area contributed by atoms with Gasteiger partial charge in [-0.15, -0.1) is 0 Å². The van der Waals surface area contributed by atoms with Crippen molar-refractivity contribution >= 4 is 17.3 Å². The lowest BCUT2D eigenvalue weighted by Crippen LogP contribution is -2.37. The van der Waals surface area contributed by atoms with Gasteiger partial charge in [0, 0.05) is 7.05 Å². The molecule has 0 aromatic rings. The average molecular weight is 150 g/mol. The summed E-state index contributed by atoms with van der Waals surface area (Å²) in [5.74, 6) is 0. The molecule has 0 radical (unpaired) electrons. The number of thiocarbonyl (C=S) groups is 1. The van der Waals surface area contributed by atoms with Crippen molar-refractivity contribution in [3.05, 3.63) is 0 Å². The van der Waals surface area contributed by atoms with Crippen LogP contribution in [0.4, 0.5) is 0 Å². The van der Waals surface area contributed by atoms with Gasteiger partial charge in [-0.05, 0) is 12.2 Å². The van der Waals surface area contributed by atoms with Crippen molar-refractivity contribution in [2.75, 3.05) is 20.5 Å². The Morgan fingerprint density at radius 3 is 2.56 bits per heavy atom. The fourth-order valence-electron chi connectivity index (χ4n) is 0.267. The van der Waals surface area contributed by atoms with Gasteiger partial charge in [0.1, 0.15) is 13.5 Å². The lowest BCUT2D eigenvalue weighted by molar-refractivity contribution is 0.186. The first-order valence-corrected chi connectivity index (χ1v) is 2.84. The Hall–Kier alpha value is -0.390. The topological polar surface area (TPSA) is 55.7 Å². The lowest BCUT2D eigenvalue weighted by atomic mass is 10.8. The van der Waals surface area contributed by atoms with Gasteiger partial charge in [-0.1, -0.05) is 0 Å². The number of aliphatic hydroxyl groups excluding tert-OH is 2. The summed E-state index contributed by atoms with van der Waals surface area (Å²) in [6.45, 7) is -0.352. The Labute approximate surface area is 59.1 Å². The molecule has 0 saturated heterocycles. The van der Waals surface area contributed by atoms with Crippen molar-refractivity contribution in [1.29, 1.82) is 0 Å². The van der Waals surface area contributed by atoms with Crippen molar-refractivity contribution in [3.8, 4) is 0 Å². The zero-order valence-electron chi connectivity index (χ0n) is 5.16. The molecular formula is C4H10N2O2S. The van der Waals surface area contributed by atoms with Crippen LogP contribution in [0.3, 0.4) is 0 Å². The van der Waals surface area contributed by atoms with Gasteiger partial charge < -0.3 is 20.4 Å². The van der Waals surface area contributed by atoms with Gasteiger partial charge in [0.15, 0.2) is 5.11 Å². The smallest absolute Gasteiger partial charge is 0.172 e. The summed E-state index contributed by atoms with van der Waals surface area (Å²) in [6.07, 6.45) is 0. The highest BCUT2D eigenvalue weighted by Crippen LogP contribution is 1.79. The summed E-state index contributed by atoms with van der Waals surface area (Å²) >= 11 is 4.67. The minimum absolute atomic E-state index is 0.147. The van der Waals surface area contributed by atoms with Crippen LogP contribution in [-0.4, -0.2) is 40.7 Å². The van der Waals surface area contributed by atoms with Crippen LogP contribution in [0.25, 0.3) is 0 Å². The Kier molecular flexibility index (Phi) is 4.29. The molecule has 0 unspecified atom stereocenters. The monoisotopic (exact) mass is 150 g/mol. The van der Waals surface area contributed by atoms with Crippen LogP contribution < -0.4 is 5.32 Å². The summed E-state index contributed by atoms with van der Waals surface area (Å²) in [5.41, 5.74) is 0. The molecule has 9 heavy (non-hydrogen) atoms. The van der Waals surface area contributed by atoms with Crippen LogP contribution in [0.2, 0.25) is 0 Å². The minimum atomic E-state index is -0.205. The maximum atomic E-state index is 8.45. The molecule has 0 bridgehead atoms. The maximum absolute atomic E-state index is 8.45. The normalized spacial score (nSPS) is 8.78. The number of nitrogens with one attached hydrogen (secondary N) is 1. The van der Waals surface area contributed by atoms with E-state index in [0.29, 0.717) is 5.11 Å². The van der Waals surface area contributed by atoms with Gasteiger partial charge in [-0.3, -0.25) is 0 Å². The number of hydrogen-bond acceptors (Lipinski definition) is 3. The second-order valence-corrected chi connectivity index (χ2v) is 1.87. The maximum Gasteiger partial charge on any atom is 0.172 e. The van der Waals surface area contributed by atoms with Crippen molar-refractivity contribution < 1.29 is 10.2 Å². The summed E-state index contributed by atoms with van der Waals surface area (Å²) in [4.78, 5) is 1.39. The third-order valence-corrected chi connectivity index (χ3v) is 1.25. The zero-order valence-corrected chi connectivity index (χ0v) is 5.98. The molecule has 3 N–H and O–H groups in total. The largest absolute Gasteiger partial charge is 0.377 e. The number of rotatable bonds is 2. The van der Waals surface area contributed by atoms with Gasteiger partial charge >= 0.3 is 0 Å². The molecular weight excluding hydrogens is 140 g/mol. The van der Waals surface area contributed by atoms with Crippen LogP contribution in [0, 0.1) is 0 Å². The zero-order chi connectivity index (χ0) is 7.28. The Balaban J connectivity index is 3.46. The Morgan fingerprint density at radius 2 is 2.22 bits per heavy atom. The molecule has 0 atom stereocenters. The van der Waals surface area contributed by atoms with Gasteiger partial charge in [0.2, 0.25) is 0 Å². The van der Waals surface area contributed by atoms with Crippen LogP contribution >= 0.6 is 12.2 Å². The summed E-state index contributed by atoms with van der Waals surface area (Å²) in [5, 5.41) is 19.5. The average Bonchev–Trinajstić information content (AvgIpc) is 1.87. The molecule has 0 heterocycles. The Morgan fingerprint density at radius 1 is 1.67 bits per heavy atom. The minimum Gasteiger partial charge on any atom is -0.377 e. The van der Waals surface area contributed by atoms with E-state index in [1.807, 2.05) is 0 Å². The van der Waals surface area contributed by atoms with Crippen molar-refractivity contribution in [1.82, 2.24) is 10.2 Å². The highest BCUT2D eigenvalue weighted by atomic mass is 32.1. The molecule has 54 valence electrons. The molecule has 0 amide bonds. The predicted molar refractivity (Wildman–Crippen MR) is 37.7 cm³/mol. The predicted octanol–water partition coefficient (Wildman–Crippen LogP) is -1.31. The standard InChI is InChI=1S/C4H10N2O2S/c1-6(3-8)4(9)5-2-7/h7-8H,2-3H2,1H3,(H,5,9). The molecule has 0 aliphatic rings. The van der Waals surface area contributed by atoms with Crippen molar-refractivity contribution in [3.63, 3.8) is 0 Å². The van der Waals surface area contributed by atoms with E-state index in [1.165, 1.54) is 4.90 Å². The molecule has 0 saturated carbocycles. The first-order chi connectivity index (χ1) is 4.22. The van der Waals surface area contributed by atoms with E-state index >= 15 is 0 Å². The second kappa shape index (κ2) is 4.49. The number of nitrogens with zero attached hydrogens (tertiary/aromatic N) is 1. The highest BCUT2D eigenvalue weighted by Gasteiger charge is 1.97. The summed E-state index contributed by atoms with van der Waals surface area (Å²) in [7, 11) is 1.62. The first kappa shape index (κ1) is 8.61. The van der Waals surface area contributed by atoms with E-state index in [4.69, 9.17) is 10.2 Å². The molecule has 5 heteroatoms. The van der Waals surface area contributed by atoms with Crippen LogP contribution in [0.15, 0.2) is 0 Å². The highest BCUT2D eigenvalue weighted by molar-refractivity contribution is 7.80. The van der Waals surface area contributed by atoms with Crippen LogP contribution in [0.1, 0.15) is 0 Å².